The molecular formula is C17H14FN3O2S. The van der Waals surface area contributed by atoms with Crippen LogP contribution in [0.4, 0.5) is 10.2 Å². The van der Waals surface area contributed by atoms with Gasteiger partial charge < -0.3 is 10.3 Å². The molecule has 1 aromatic heterocycles. The first kappa shape index (κ1) is 15.0. The average molecular weight is 343 g/mol. The molecule has 2 aliphatic rings. The van der Waals surface area contributed by atoms with Gasteiger partial charge in [-0.2, -0.15) is 0 Å². The fraction of sp³-hybridized carbons (Fsp3) is 0.235. The van der Waals surface area contributed by atoms with Gasteiger partial charge in [-0.15, -0.1) is 0 Å². The van der Waals surface area contributed by atoms with Gasteiger partial charge in [-0.3, -0.25) is 14.6 Å². The van der Waals surface area contributed by atoms with Crippen LogP contribution in [-0.2, 0) is 4.79 Å². The monoisotopic (exact) mass is 343 g/mol. The molecule has 1 aromatic carbocycles. The maximum Gasteiger partial charge on any atom is 0.257 e. The van der Waals surface area contributed by atoms with Crippen LogP contribution in [0.5, 0.6) is 0 Å². The van der Waals surface area contributed by atoms with Gasteiger partial charge in [0.25, 0.3) is 5.56 Å². The Hall–Kier alpha value is -2.54. The van der Waals surface area contributed by atoms with E-state index in [1.807, 2.05) is 0 Å². The first-order valence-corrected chi connectivity index (χ1v) is 8.10. The lowest BCUT2D eigenvalue weighted by Crippen LogP contribution is -2.32. The second kappa shape index (κ2) is 5.52. The Balaban J connectivity index is 2.03. The topological polar surface area (TPSA) is 77.8 Å². The summed E-state index contributed by atoms with van der Waals surface area (Å²) in [6.45, 7) is 0. The van der Waals surface area contributed by atoms with Crippen LogP contribution in [0.25, 0.3) is 0 Å². The summed E-state index contributed by atoms with van der Waals surface area (Å²) in [7, 11) is 0. The molecule has 0 fully saturated rings. The molecule has 2 aromatic rings. The highest BCUT2D eigenvalue weighted by atomic mass is 32.1. The van der Waals surface area contributed by atoms with E-state index >= 15 is 0 Å². The van der Waals surface area contributed by atoms with E-state index in [-0.39, 0.29) is 16.1 Å². The molecular weight excluding hydrogens is 329 g/mol. The van der Waals surface area contributed by atoms with Gasteiger partial charge in [0.15, 0.2) is 10.6 Å². The third-order valence-corrected chi connectivity index (χ3v) is 4.68. The van der Waals surface area contributed by atoms with E-state index in [4.69, 9.17) is 12.2 Å². The molecule has 122 valence electrons. The van der Waals surface area contributed by atoms with Crippen molar-refractivity contribution in [2.75, 3.05) is 5.32 Å². The Morgan fingerprint density at radius 3 is 2.79 bits per heavy atom. The lowest BCUT2D eigenvalue weighted by Gasteiger charge is -2.32. The molecule has 7 heteroatoms. The number of nitrogens with one attached hydrogen (secondary N) is 3. The van der Waals surface area contributed by atoms with E-state index in [0.29, 0.717) is 35.4 Å². The van der Waals surface area contributed by atoms with Gasteiger partial charge in [0.1, 0.15) is 11.6 Å². The fourth-order valence-electron chi connectivity index (χ4n) is 3.51. The second-order valence-corrected chi connectivity index (χ2v) is 6.39. The van der Waals surface area contributed by atoms with Crippen molar-refractivity contribution >= 4 is 23.8 Å². The van der Waals surface area contributed by atoms with Crippen molar-refractivity contribution < 1.29 is 9.18 Å². The molecule has 24 heavy (non-hydrogen) atoms. The Morgan fingerprint density at radius 2 is 2.00 bits per heavy atom. The van der Waals surface area contributed by atoms with E-state index in [2.05, 4.69) is 15.3 Å². The molecule has 3 N–H and O–H groups in total. The molecule has 0 saturated carbocycles. The molecule has 1 unspecified atom stereocenters. The lowest BCUT2D eigenvalue weighted by atomic mass is 9.76. The summed E-state index contributed by atoms with van der Waals surface area (Å²) in [5.74, 6) is -0.536. The molecule has 0 bridgehead atoms. The maximum atomic E-state index is 13.8. The molecule has 0 saturated heterocycles. The standard InChI is InChI=1S/C17H14FN3O2S/c18-9-4-1-3-8(7-9)12-13-10(5-2-6-11(13)22)19-15-14(12)16(23)21-17(24)20-15/h1,3-4,7,12H,2,5-6H2,(H3,19,20,21,23,24). The summed E-state index contributed by atoms with van der Waals surface area (Å²) in [6.07, 6.45) is 1.89. The predicted octanol–water partition coefficient (Wildman–Crippen LogP) is 3.14. The van der Waals surface area contributed by atoms with E-state index in [1.54, 1.807) is 12.1 Å². The van der Waals surface area contributed by atoms with Crippen molar-refractivity contribution in [3.8, 4) is 0 Å². The van der Waals surface area contributed by atoms with Crippen molar-refractivity contribution in [3.05, 3.63) is 67.6 Å². The van der Waals surface area contributed by atoms with E-state index in [0.717, 1.165) is 12.1 Å². The summed E-state index contributed by atoms with van der Waals surface area (Å²) in [5.41, 5.74) is 1.90. The van der Waals surface area contributed by atoms with Crippen LogP contribution in [0, 0.1) is 10.6 Å². The molecule has 1 aliphatic carbocycles. The second-order valence-electron chi connectivity index (χ2n) is 5.98. The van der Waals surface area contributed by atoms with Gasteiger partial charge in [0.05, 0.1) is 5.56 Å². The average Bonchev–Trinajstić information content (AvgIpc) is 2.53. The molecule has 1 aliphatic heterocycles. The highest BCUT2D eigenvalue weighted by molar-refractivity contribution is 7.71. The van der Waals surface area contributed by atoms with Crippen LogP contribution in [0.1, 0.15) is 36.3 Å². The lowest BCUT2D eigenvalue weighted by molar-refractivity contribution is -0.116. The quantitative estimate of drug-likeness (QED) is 0.695. The number of H-pyrrole nitrogens is 2. The van der Waals surface area contributed by atoms with Gasteiger partial charge in [-0.25, -0.2) is 4.39 Å². The molecule has 4 rings (SSSR count). The largest absolute Gasteiger partial charge is 0.344 e. The van der Waals surface area contributed by atoms with Crippen LogP contribution in [-0.4, -0.2) is 15.8 Å². The zero-order valence-electron chi connectivity index (χ0n) is 12.6. The van der Waals surface area contributed by atoms with Crippen molar-refractivity contribution in [1.29, 1.82) is 0 Å². The first-order valence-electron chi connectivity index (χ1n) is 7.70. The molecule has 0 spiro atoms. The number of ketones is 1. The van der Waals surface area contributed by atoms with Crippen LogP contribution in [0.15, 0.2) is 40.3 Å². The smallest absolute Gasteiger partial charge is 0.257 e. The summed E-state index contributed by atoms with van der Waals surface area (Å²) < 4.78 is 14.0. The number of rotatable bonds is 1. The van der Waals surface area contributed by atoms with Crippen LogP contribution < -0.4 is 10.9 Å². The molecule has 0 amide bonds. The van der Waals surface area contributed by atoms with E-state index < -0.39 is 11.7 Å². The Bertz CT molecular complexity index is 1010. The summed E-state index contributed by atoms with van der Waals surface area (Å²) in [4.78, 5) is 30.6. The fourth-order valence-corrected chi connectivity index (χ4v) is 3.71. The zero-order valence-corrected chi connectivity index (χ0v) is 13.4. The van der Waals surface area contributed by atoms with Crippen molar-refractivity contribution in [2.24, 2.45) is 0 Å². The number of carbonyl (C=O) groups is 1. The number of anilines is 1. The van der Waals surface area contributed by atoms with Crippen LogP contribution >= 0.6 is 12.2 Å². The Kier molecular flexibility index (Phi) is 3.45. The molecule has 5 nitrogen and oxygen atoms in total. The number of carbonyl (C=O) groups excluding carboxylic acids is 1. The molecule has 2 heterocycles. The first-order chi connectivity index (χ1) is 11.5. The number of fused-ring (bicyclic) bond motifs is 1. The van der Waals surface area contributed by atoms with Crippen molar-refractivity contribution in [1.82, 2.24) is 9.97 Å². The highest BCUT2D eigenvalue weighted by Crippen LogP contribution is 2.42. The third-order valence-electron chi connectivity index (χ3n) is 4.47. The minimum atomic E-state index is -0.602. The number of hydrogen-bond donors (Lipinski definition) is 3. The van der Waals surface area contributed by atoms with Crippen LogP contribution in [0.3, 0.4) is 0 Å². The Morgan fingerprint density at radius 1 is 1.17 bits per heavy atom. The number of hydrogen-bond acceptors (Lipinski definition) is 4. The SMILES string of the molecule is O=C1CCCC2=C1C(c1cccc(F)c1)c1c([nH]c(=S)[nH]c1=O)N2. The summed E-state index contributed by atoms with van der Waals surface area (Å²) >= 11 is 5.04. The van der Waals surface area contributed by atoms with Gasteiger partial charge in [-0.05, 0) is 42.8 Å². The van der Waals surface area contributed by atoms with Gasteiger partial charge >= 0.3 is 0 Å². The minimum Gasteiger partial charge on any atom is -0.344 e. The third kappa shape index (κ3) is 2.32. The predicted molar refractivity (Wildman–Crippen MR) is 90.0 cm³/mol. The van der Waals surface area contributed by atoms with E-state index in [9.17, 15) is 14.0 Å². The molecule has 0 radical (unpaired) electrons. The highest BCUT2D eigenvalue weighted by Gasteiger charge is 2.37. The Labute approximate surface area is 141 Å². The zero-order chi connectivity index (χ0) is 16.8. The van der Waals surface area contributed by atoms with Gasteiger partial charge in [0.2, 0.25) is 0 Å². The normalized spacial score (nSPS) is 19.5. The van der Waals surface area contributed by atoms with Crippen molar-refractivity contribution in [3.63, 3.8) is 0 Å². The number of aromatic amines is 2. The summed E-state index contributed by atoms with van der Waals surface area (Å²) in [6, 6.07) is 6.02. The van der Waals surface area contributed by atoms with E-state index in [1.165, 1.54) is 12.1 Å². The van der Waals surface area contributed by atoms with Crippen molar-refractivity contribution in [2.45, 2.75) is 25.2 Å². The minimum absolute atomic E-state index is 0.00879. The number of benzene rings is 1. The maximum absolute atomic E-state index is 13.8. The molecule has 1 atom stereocenters. The number of allylic oxidation sites excluding steroid dienone is 2. The number of halogens is 1. The van der Waals surface area contributed by atoms with Gasteiger partial charge in [-0.1, -0.05) is 12.1 Å². The number of Topliss-reactive ketones (excluding diaryl/α,β-unsaturated/α-hetero) is 1. The summed E-state index contributed by atoms with van der Waals surface area (Å²) in [5, 5.41) is 3.15. The number of aromatic nitrogens is 2. The van der Waals surface area contributed by atoms with Crippen LogP contribution in [0.2, 0.25) is 0 Å². The van der Waals surface area contributed by atoms with Gasteiger partial charge in [0, 0.05) is 23.6 Å².